The number of thioether (sulfide) groups is 1. The highest BCUT2D eigenvalue weighted by Crippen LogP contribution is 2.16. The Morgan fingerprint density at radius 2 is 2.36 bits per heavy atom. The third-order valence-corrected chi connectivity index (χ3v) is 2.90. The van der Waals surface area contributed by atoms with E-state index < -0.39 is 0 Å². The minimum atomic E-state index is -0.301. The lowest BCUT2D eigenvalue weighted by Gasteiger charge is -2.24. The lowest BCUT2D eigenvalue weighted by atomic mass is 10.3. The van der Waals surface area contributed by atoms with E-state index in [1.54, 1.807) is 25.9 Å². The lowest BCUT2D eigenvalue weighted by Crippen LogP contribution is -2.45. The van der Waals surface area contributed by atoms with Crippen molar-refractivity contribution in [2.75, 3.05) is 19.8 Å². The molecule has 0 aromatic heterocycles. The van der Waals surface area contributed by atoms with Gasteiger partial charge in [-0.05, 0) is 6.92 Å². The summed E-state index contributed by atoms with van der Waals surface area (Å²) in [6.07, 6.45) is 0. The Kier molecular flexibility index (Phi) is 3.51. The maximum atomic E-state index is 11.3. The van der Waals surface area contributed by atoms with Gasteiger partial charge in [-0.15, -0.1) is 0 Å². The van der Waals surface area contributed by atoms with Crippen molar-refractivity contribution >= 4 is 28.7 Å². The van der Waals surface area contributed by atoms with E-state index >= 15 is 0 Å². The zero-order valence-corrected chi connectivity index (χ0v) is 9.22. The van der Waals surface area contributed by atoms with E-state index in [0.717, 1.165) is 11.8 Å². The van der Waals surface area contributed by atoms with E-state index in [-0.39, 0.29) is 17.2 Å². The molecule has 1 N–H and O–H groups in total. The van der Waals surface area contributed by atoms with Crippen molar-refractivity contribution in [1.29, 1.82) is 0 Å². The highest BCUT2D eigenvalue weighted by molar-refractivity contribution is 8.14. The number of nitrogens with zero attached hydrogens (tertiary/aromatic N) is 2. The molecule has 78 valence electrons. The molecule has 0 unspecified atom stereocenters. The van der Waals surface area contributed by atoms with Gasteiger partial charge in [0.25, 0.3) is 0 Å². The zero-order valence-electron chi connectivity index (χ0n) is 8.40. The molecule has 2 amide bonds. The van der Waals surface area contributed by atoms with Crippen LogP contribution in [0, 0.1) is 0 Å². The smallest absolute Gasteiger partial charge is 0.306 e. The summed E-state index contributed by atoms with van der Waals surface area (Å²) in [4.78, 5) is 27.7. The molecule has 5 nitrogen and oxygen atoms in total. The normalized spacial score (nSPS) is 17.6. The summed E-state index contributed by atoms with van der Waals surface area (Å²) in [6, 6.07) is -0.301. The second-order valence-corrected chi connectivity index (χ2v) is 3.91. The fourth-order valence-corrected chi connectivity index (χ4v) is 1.78. The van der Waals surface area contributed by atoms with Gasteiger partial charge in [-0.1, -0.05) is 11.8 Å². The van der Waals surface area contributed by atoms with Crippen LogP contribution in [0.3, 0.4) is 0 Å². The minimum Gasteiger partial charge on any atom is -0.357 e. The largest absolute Gasteiger partial charge is 0.357 e. The summed E-state index contributed by atoms with van der Waals surface area (Å²) >= 11 is 1.15. The molecule has 1 rings (SSSR count). The van der Waals surface area contributed by atoms with Crippen LogP contribution in [-0.4, -0.2) is 47.8 Å². The second kappa shape index (κ2) is 4.45. The van der Waals surface area contributed by atoms with E-state index in [0.29, 0.717) is 11.6 Å². The predicted octanol–water partition coefficient (Wildman–Crippen LogP) is 0.318. The monoisotopic (exact) mass is 215 g/mol. The van der Waals surface area contributed by atoms with Crippen LogP contribution in [-0.2, 0) is 4.79 Å². The maximum Gasteiger partial charge on any atom is 0.306 e. The first-order valence-electron chi connectivity index (χ1n) is 4.25. The van der Waals surface area contributed by atoms with Crippen LogP contribution in [0.1, 0.15) is 6.92 Å². The Hall–Kier alpha value is -1.04. The molecule has 0 aromatic carbocycles. The zero-order chi connectivity index (χ0) is 10.7. The van der Waals surface area contributed by atoms with E-state index in [2.05, 4.69) is 10.3 Å². The molecule has 0 saturated heterocycles. The number of amides is 2. The van der Waals surface area contributed by atoms with E-state index in [4.69, 9.17) is 0 Å². The summed E-state index contributed by atoms with van der Waals surface area (Å²) < 4.78 is 0. The third-order valence-electron chi connectivity index (χ3n) is 2.16. The molecule has 14 heavy (non-hydrogen) atoms. The molecule has 0 saturated carbocycles. The van der Waals surface area contributed by atoms with Crippen molar-refractivity contribution in [3.8, 4) is 0 Å². The molecule has 0 spiro atoms. The van der Waals surface area contributed by atoms with Crippen LogP contribution in [0.25, 0.3) is 0 Å². The first-order chi connectivity index (χ1) is 6.56. The fourth-order valence-electron chi connectivity index (χ4n) is 1.09. The van der Waals surface area contributed by atoms with Crippen molar-refractivity contribution in [1.82, 2.24) is 10.2 Å². The standard InChI is InChI=1S/C8H13N3O2S/c1-5(7(12)9-2)11(3)6-4-14-8(13)10-6/h5H,4H2,1-3H3,(H,9,12)/t5-/m1/s1. The summed E-state index contributed by atoms with van der Waals surface area (Å²) in [6.45, 7) is 1.77. The number of hydrogen-bond acceptors (Lipinski definition) is 4. The van der Waals surface area contributed by atoms with Crippen molar-refractivity contribution in [2.45, 2.75) is 13.0 Å². The van der Waals surface area contributed by atoms with Crippen LogP contribution in [0.4, 0.5) is 4.79 Å². The van der Waals surface area contributed by atoms with Gasteiger partial charge in [-0.25, -0.2) is 0 Å². The number of carbonyl (C=O) groups excluding carboxylic acids is 2. The van der Waals surface area contributed by atoms with Crippen LogP contribution >= 0.6 is 11.8 Å². The first-order valence-corrected chi connectivity index (χ1v) is 5.23. The minimum absolute atomic E-state index is 0.0838. The number of carbonyl (C=O) groups is 2. The van der Waals surface area contributed by atoms with Crippen molar-refractivity contribution < 1.29 is 9.59 Å². The molecular formula is C8H13N3O2S. The van der Waals surface area contributed by atoms with Gasteiger partial charge in [-0.3, -0.25) is 9.59 Å². The van der Waals surface area contributed by atoms with E-state index in [1.807, 2.05) is 0 Å². The molecule has 0 radical (unpaired) electrons. The quantitative estimate of drug-likeness (QED) is 0.720. The molecule has 1 aliphatic heterocycles. The topological polar surface area (TPSA) is 61.8 Å². The summed E-state index contributed by atoms with van der Waals surface area (Å²) in [7, 11) is 3.35. The third kappa shape index (κ3) is 2.25. The Balaban J connectivity index is 2.65. The van der Waals surface area contributed by atoms with Crippen LogP contribution in [0.2, 0.25) is 0 Å². The molecule has 1 aliphatic rings. The highest BCUT2D eigenvalue weighted by atomic mass is 32.2. The summed E-state index contributed by atoms with van der Waals surface area (Å²) in [5, 5.41) is 2.37. The Bertz CT molecular complexity index is 290. The maximum absolute atomic E-state index is 11.3. The number of likely N-dealkylation sites (N-methyl/N-ethyl adjacent to an activating group) is 2. The second-order valence-electron chi connectivity index (χ2n) is 2.98. The van der Waals surface area contributed by atoms with Crippen molar-refractivity contribution in [3.63, 3.8) is 0 Å². The molecular weight excluding hydrogens is 202 g/mol. The van der Waals surface area contributed by atoms with E-state index in [1.165, 1.54) is 0 Å². The average Bonchev–Trinajstić information content (AvgIpc) is 2.61. The van der Waals surface area contributed by atoms with Gasteiger partial charge < -0.3 is 10.2 Å². The Morgan fingerprint density at radius 1 is 1.71 bits per heavy atom. The van der Waals surface area contributed by atoms with E-state index in [9.17, 15) is 9.59 Å². The lowest BCUT2D eigenvalue weighted by molar-refractivity contribution is -0.123. The molecule has 1 atom stereocenters. The van der Waals surface area contributed by atoms with Gasteiger partial charge in [0, 0.05) is 14.1 Å². The molecule has 6 heteroatoms. The molecule has 0 aliphatic carbocycles. The van der Waals surface area contributed by atoms with Gasteiger partial charge in [-0.2, -0.15) is 4.99 Å². The van der Waals surface area contributed by atoms with Crippen LogP contribution < -0.4 is 5.32 Å². The van der Waals surface area contributed by atoms with Crippen LogP contribution in [0.5, 0.6) is 0 Å². The highest BCUT2D eigenvalue weighted by Gasteiger charge is 2.24. The summed E-state index contributed by atoms with van der Waals surface area (Å²) in [5.41, 5.74) is 0. The SMILES string of the molecule is CNC(=O)[C@@H](C)N(C)C1=NC(=O)SC1. The fraction of sp³-hybridized carbons (Fsp3) is 0.625. The Morgan fingerprint density at radius 3 is 2.79 bits per heavy atom. The number of amidine groups is 1. The average molecular weight is 215 g/mol. The van der Waals surface area contributed by atoms with Crippen molar-refractivity contribution in [2.24, 2.45) is 4.99 Å². The van der Waals surface area contributed by atoms with Gasteiger partial charge in [0.1, 0.15) is 11.9 Å². The van der Waals surface area contributed by atoms with Gasteiger partial charge in [0.05, 0.1) is 5.75 Å². The number of aliphatic imine (C=N–C) groups is 1. The molecule has 0 bridgehead atoms. The number of hydrogen-bond donors (Lipinski definition) is 1. The Labute approximate surface area is 86.9 Å². The van der Waals surface area contributed by atoms with Gasteiger partial charge in [0.15, 0.2) is 0 Å². The number of nitrogens with one attached hydrogen (secondary N) is 1. The molecule has 1 heterocycles. The van der Waals surface area contributed by atoms with Crippen LogP contribution in [0.15, 0.2) is 4.99 Å². The van der Waals surface area contributed by atoms with Crippen molar-refractivity contribution in [3.05, 3.63) is 0 Å². The molecule has 0 fully saturated rings. The van der Waals surface area contributed by atoms with Gasteiger partial charge in [0.2, 0.25) is 5.91 Å². The number of rotatable bonds is 2. The predicted molar refractivity (Wildman–Crippen MR) is 56.6 cm³/mol. The first kappa shape index (κ1) is 11.0. The molecule has 0 aromatic rings. The van der Waals surface area contributed by atoms with Gasteiger partial charge >= 0.3 is 5.24 Å². The summed E-state index contributed by atoms with van der Waals surface area (Å²) in [5.74, 6) is 1.13.